The Bertz CT molecular complexity index is 823. The molecule has 0 radical (unpaired) electrons. The second kappa shape index (κ2) is 33.2. The van der Waals surface area contributed by atoms with Crippen LogP contribution in [0.5, 0.6) is 0 Å². The Morgan fingerprint density at radius 3 is 1.47 bits per heavy atom. The van der Waals surface area contributed by atoms with Crippen molar-refractivity contribution in [2.45, 2.75) is 193 Å². The van der Waals surface area contributed by atoms with Gasteiger partial charge in [0.05, 0.1) is 34.4 Å². The zero-order valence-corrected chi connectivity index (χ0v) is 32.7. The molecule has 0 aromatic rings. The van der Waals surface area contributed by atoms with E-state index >= 15 is 0 Å². The number of quaternary nitrogens is 1. The van der Waals surface area contributed by atoms with E-state index in [0.29, 0.717) is 19.3 Å². The molecule has 49 heavy (non-hydrogen) atoms. The summed E-state index contributed by atoms with van der Waals surface area (Å²) in [5.41, 5.74) is 0. The summed E-state index contributed by atoms with van der Waals surface area (Å²) in [5.74, 6) is -1.47. The summed E-state index contributed by atoms with van der Waals surface area (Å²) >= 11 is 0. The number of aliphatic carboxylic acids is 1. The number of carboxylic acids is 1. The van der Waals surface area contributed by atoms with Gasteiger partial charge >= 0.3 is 17.9 Å². The lowest BCUT2D eigenvalue weighted by Crippen LogP contribution is -2.50. The summed E-state index contributed by atoms with van der Waals surface area (Å²) in [6, 6.07) is -0.610. The third kappa shape index (κ3) is 31.8. The Hall–Kier alpha value is -1.93. The van der Waals surface area contributed by atoms with Gasteiger partial charge in [-0.15, -0.1) is 0 Å². The molecule has 0 aromatic heterocycles. The molecule has 288 valence electrons. The predicted molar refractivity (Wildman–Crippen MR) is 202 cm³/mol. The monoisotopic (exact) mass is 697 g/mol. The van der Waals surface area contributed by atoms with Gasteiger partial charge in [-0.1, -0.05) is 135 Å². The lowest BCUT2D eigenvalue weighted by atomic mass is 10.1. The molecule has 0 rings (SSSR count). The van der Waals surface area contributed by atoms with Gasteiger partial charge in [0.15, 0.2) is 12.1 Å². The summed E-state index contributed by atoms with van der Waals surface area (Å²) < 4.78 is 17.2. The third-order valence-electron chi connectivity index (χ3n) is 9.16. The molecule has 0 aliphatic rings. The van der Waals surface area contributed by atoms with Crippen LogP contribution in [0.25, 0.3) is 0 Å². The molecule has 0 spiro atoms. The molecule has 0 heterocycles. The van der Waals surface area contributed by atoms with Crippen LogP contribution in [0.3, 0.4) is 0 Å². The number of ether oxygens (including phenoxy) is 3. The minimum absolute atomic E-state index is 0.0504. The second-order valence-electron chi connectivity index (χ2n) is 14.9. The van der Waals surface area contributed by atoms with Gasteiger partial charge in [0, 0.05) is 19.3 Å². The summed E-state index contributed by atoms with van der Waals surface area (Å²) in [4.78, 5) is 36.7. The van der Waals surface area contributed by atoms with Gasteiger partial charge < -0.3 is 23.8 Å². The number of allylic oxidation sites excluding steroid dienone is 2. The van der Waals surface area contributed by atoms with Crippen molar-refractivity contribution in [2.24, 2.45) is 0 Å². The van der Waals surface area contributed by atoms with Gasteiger partial charge in [-0.3, -0.25) is 9.59 Å². The topological polar surface area (TPSA) is 99.1 Å². The first-order valence-electron chi connectivity index (χ1n) is 20.2. The zero-order chi connectivity index (χ0) is 36.4. The number of rotatable bonds is 36. The highest BCUT2D eigenvalue weighted by Crippen LogP contribution is 2.14. The lowest BCUT2D eigenvalue weighted by molar-refractivity contribution is -0.887. The first-order valence-corrected chi connectivity index (χ1v) is 20.2. The van der Waals surface area contributed by atoms with E-state index in [1.807, 2.05) is 21.1 Å². The summed E-state index contributed by atoms with van der Waals surface area (Å²) in [6.07, 6.45) is 32.5. The predicted octanol–water partition coefficient (Wildman–Crippen LogP) is 10.4. The molecule has 0 saturated carbocycles. The average molecular weight is 697 g/mol. The number of hydrogen-bond donors (Lipinski definition) is 1. The minimum atomic E-state index is -0.875. The van der Waals surface area contributed by atoms with Crippen LogP contribution in [0.1, 0.15) is 181 Å². The standard InChI is InChI=1S/C41H77NO7/c1-6-8-10-12-14-16-17-18-19-20-21-22-24-25-27-29-31-39(43)48-36-37(35-47-34-33-38(41(45)46)42(3,4)5)49-40(44)32-30-28-26-23-15-13-11-9-7-2/h19-20,37-38H,6-18,21-36H2,1-5H3/p+1/b20-19+. The highest BCUT2D eigenvalue weighted by Gasteiger charge is 2.31. The van der Waals surface area contributed by atoms with E-state index in [4.69, 9.17) is 14.2 Å². The summed E-state index contributed by atoms with van der Waals surface area (Å²) in [6.45, 7) is 4.71. The second-order valence-corrected chi connectivity index (χ2v) is 14.9. The number of hydrogen-bond acceptors (Lipinski definition) is 6. The van der Waals surface area contributed by atoms with Crippen LogP contribution in [0.2, 0.25) is 0 Å². The van der Waals surface area contributed by atoms with Crippen molar-refractivity contribution in [3.05, 3.63) is 12.2 Å². The van der Waals surface area contributed by atoms with Crippen molar-refractivity contribution in [1.82, 2.24) is 0 Å². The van der Waals surface area contributed by atoms with E-state index in [2.05, 4.69) is 26.0 Å². The Labute approximate surface area is 301 Å². The van der Waals surface area contributed by atoms with Crippen LogP contribution in [-0.2, 0) is 28.6 Å². The van der Waals surface area contributed by atoms with E-state index in [0.717, 1.165) is 44.9 Å². The smallest absolute Gasteiger partial charge is 0.362 e. The molecule has 0 aliphatic heterocycles. The average Bonchev–Trinajstić information content (AvgIpc) is 3.05. The SMILES string of the molecule is CCCCCCCCC/C=C/CCCCCCCC(=O)OCC(COCCC(C(=O)O)[N+](C)(C)C)OC(=O)CCCCCCCCCCC. The van der Waals surface area contributed by atoms with E-state index in [-0.39, 0.29) is 36.2 Å². The number of carboxylic acid groups (broad SMARTS) is 1. The van der Waals surface area contributed by atoms with Crippen molar-refractivity contribution in [3.8, 4) is 0 Å². The highest BCUT2D eigenvalue weighted by molar-refractivity contribution is 5.72. The highest BCUT2D eigenvalue weighted by atomic mass is 16.6. The van der Waals surface area contributed by atoms with Crippen molar-refractivity contribution in [2.75, 3.05) is 41.0 Å². The van der Waals surface area contributed by atoms with Gasteiger partial charge in [-0.05, 0) is 38.5 Å². The fourth-order valence-corrected chi connectivity index (χ4v) is 5.97. The van der Waals surface area contributed by atoms with Crippen LogP contribution in [0, 0.1) is 0 Å². The fraction of sp³-hybridized carbons (Fsp3) is 0.878. The summed E-state index contributed by atoms with van der Waals surface area (Å²) in [5, 5.41) is 9.58. The zero-order valence-electron chi connectivity index (χ0n) is 32.7. The maximum absolute atomic E-state index is 12.6. The van der Waals surface area contributed by atoms with Gasteiger partial charge in [0.1, 0.15) is 6.61 Å². The number of carbonyl (C=O) groups is 3. The van der Waals surface area contributed by atoms with Crippen molar-refractivity contribution < 1.29 is 38.2 Å². The fourth-order valence-electron chi connectivity index (χ4n) is 5.97. The number of esters is 2. The van der Waals surface area contributed by atoms with Crippen LogP contribution in [-0.4, -0.2) is 80.6 Å². The molecular weight excluding hydrogens is 618 g/mol. The maximum atomic E-state index is 12.6. The molecule has 2 unspecified atom stereocenters. The van der Waals surface area contributed by atoms with Crippen LogP contribution >= 0.6 is 0 Å². The number of carbonyl (C=O) groups excluding carboxylic acids is 2. The maximum Gasteiger partial charge on any atom is 0.362 e. The van der Waals surface area contributed by atoms with Crippen LogP contribution in [0.4, 0.5) is 0 Å². The van der Waals surface area contributed by atoms with E-state index in [9.17, 15) is 19.5 Å². The molecule has 0 amide bonds. The Kier molecular flexibility index (Phi) is 31.9. The van der Waals surface area contributed by atoms with Crippen molar-refractivity contribution in [3.63, 3.8) is 0 Å². The minimum Gasteiger partial charge on any atom is -0.477 e. The molecule has 1 N–H and O–H groups in total. The number of nitrogens with zero attached hydrogens (tertiary/aromatic N) is 1. The van der Waals surface area contributed by atoms with Gasteiger partial charge in [-0.2, -0.15) is 0 Å². The number of unbranched alkanes of at least 4 members (excludes halogenated alkanes) is 20. The molecule has 0 saturated heterocycles. The molecule has 0 aliphatic carbocycles. The van der Waals surface area contributed by atoms with Crippen LogP contribution < -0.4 is 0 Å². The Morgan fingerprint density at radius 2 is 1.02 bits per heavy atom. The van der Waals surface area contributed by atoms with Gasteiger partial charge in [-0.25, -0.2) is 4.79 Å². The summed E-state index contributed by atoms with van der Waals surface area (Å²) in [7, 11) is 5.52. The molecule has 8 nitrogen and oxygen atoms in total. The lowest BCUT2D eigenvalue weighted by Gasteiger charge is -2.31. The van der Waals surface area contributed by atoms with E-state index in [1.54, 1.807) is 0 Å². The molecule has 0 bridgehead atoms. The van der Waals surface area contributed by atoms with Crippen LogP contribution in [0.15, 0.2) is 12.2 Å². The van der Waals surface area contributed by atoms with Crippen molar-refractivity contribution in [1.29, 1.82) is 0 Å². The molecular formula is C41H78NO7+. The molecule has 0 aromatic carbocycles. The first-order chi connectivity index (χ1) is 23.6. The Morgan fingerprint density at radius 1 is 0.592 bits per heavy atom. The molecule has 8 heteroatoms. The normalized spacial score (nSPS) is 13.1. The van der Waals surface area contributed by atoms with Gasteiger partial charge in [0.2, 0.25) is 0 Å². The third-order valence-corrected chi connectivity index (χ3v) is 9.16. The molecule has 0 fully saturated rings. The number of likely N-dealkylation sites (N-methyl/N-ethyl adjacent to an activating group) is 1. The molecule has 2 atom stereocenters. The van der Waals surface area contributed by atoms with Gasteiger partial charge in [0.25, 0.3) is 0 Å². The van der Waals surface area contributed by atoms with E-state index in [1.165, 1.54) is 103 Å². The largest absolute Gasteiger partial charge is 0.477 e. The first kappa shape index (κ1) is 47.1. The van der Waals surface area contributed by atoms with Crippen molar-refractivity contribution >= 4 is 17.9 Å². The Balaban J connectivity index is 4.33. The quantitative estimate of drug-likeness (QED) is 0.0301. The van der Waals surface area contributed by atoms with E-state index < -0.39 is 18.1 Å².